The van der Waals surface area contributed by atoms with Gasteiger partial charge in [-0.05, 0) is 37.3 Å². The molecule has 3 atom stereocenters. The lowest BCUT2D eigenvalue weighted by Gasteiger charge is -2.42. The standard InChI is InChI=1S/C33H39N5O5/c39-31(37-16-15-34-20-24(37)13-17-42-25-11-12-26-27(18-25)43-32(40)36-26)29-30(23-6-2-1-3-7-23)38(21-35-29)28-8-4-5-14-33(28,41)19-22-9-10-22/h1-3,6-7,11-12,18,21-22,24,28,34,41H,4-5,8-10,13-17,19-20H2,(H,36,40)/t24-,28-,33-/m1/s1. The average Bonchev–Trinajstić information content (AvgIpc) is 3.58. The number of nitrogens with one attached hydrogen (secondary N) is 2. The Labute approximate surface area is 250 Å². The van der Waals surface area contributed by atoms with Crippen molar-refractivity contribution in [1.82, 2.24) is 24.8 Å². The normalized spacial score (nSPS) is 24.3. The summed E-state index contributed by atoms with van der Waals surface area (Å²) in [6, 6.07) is 15.1. The van der Waals surface area contributed by atoms with Crippen LogP contribution in [0.15, 0.2) is 64.1 Å². The number of imidazole rings is 1. The van der Waals surface area contributed by atoms with Gasteiger partial charge >= 0.3 is 5.76 Å². The van der Waals surface area contributed by atoms with Gasteiger partial charge in [0.15, 0.2) is 11.3 Å². The van der Waals surface area contributed by atoms with E-state index in [0.29, 0.717) is 61.1 Å². The van der Waals surface area contributed by atoms with E-state index in [9.17, 15) is 14.7 Å². The second-order valence-electron chi connectivity index (χ2n) is 12.4. The molecule has 10 heteroatoms. The molecule has 1 aliphatic heterocycles. The number of oxazole rings is 1. The van der Waals surface area contributed by atoms with Crippen molar-refractivity contribution in [3.05, 3.63) is 71.1 Å². The Kier molecular flexibility index (Phi) is 7.56. The Bertz CT molecular complexity index is 1640. The second-order valence-corrected chi connectivity index (χ2v) is 12.4. The van der Waals surface area contributed by atoms with Crippen LogP contribution in [-0.4, -0.2) is 68.3 Å². The van der Waals surface area contributed by atoms with Gasteiger partial charge < -0.3 is 29.0 Å². The van der Waals surface area contributed by atoms with Gasteiger partial charge in [0.2, 0.25) is 0 Å². The summed E-state index contributed by atoms with van der Waals surface area (Å²) < 4.78 is 13.3. The molecule has 2 aromatic heterocycles. The first-order chi connectivity index (χ1) is 21.0. The maximum Gasteiger partial charge on any atom is 0.417 e. The maximum atomic E-state index is 14.3. The van der Waals surface area contributed by atoms with Crippen molar-refractivity contribution in [3.8, 4) is 17.0 Å². The molecule has 0 bridgehead atoms. The van der Waals surface area contributed by atoms with Crippen LogP contribution in [0.4, 0.5) is 0 Å². The summed E-state index contributed by atoms with van der Waals surface area (Å²) in [5.74, 6) is 0.611. The third-order valence-electron chi connectivity index (χ3n) is 9.40. The predicted octanol–water partition coefficient (Wildman–Crippen LogP) is 4.51. The summed E-state index contributed by atoms with van der Waals surface area (Å²) >= 11 is 0. The number of nitrogens with zero attached hydrogens (tertiary/aromatic N) is 3. The fourth-order valence-electron chi connectivity index (χ4n) is 7.05. The highest BCUT2D eigenvalue weighted by Gasteiger charge is 2.45. The highest BCUT2D eigenvalue weighted by molar-refractivity contribution is 5.98. The minimum atomic E-state index is -0.787. The SMILES string of the molecule is O=C(c1ncn([C@@H]2CCCC[C@@]2(O)CC2CC2)c1-c1ccccc1)N1CCNC[C@H]1CCOc1ccc2[nH]c(=O)oc2c1. The second kappa shape index (κ2) is 11.7. The molecule has 0 unspecified atom stereocenters. The lowest BCUT2D eigenvalue weighted by atomic mass is 9.76. The van der Waals surface area contributed by atoms with Crippen molar-refractivity contribution in [1.29, 1.82) is 0 Å². The number of fused-ring (bicyclic) bond motifs is 1. The molecule has 3 fully saturated rings. The van der Waals surface area contributed by atoms with E-state index in [1.165, 1.54) is 12.8 Å². The molecular weight excluding hydrogens is 546 g/mol. The molecule has 0 spiro atoms. The largest absolute Gasteiger partial charge is 0.493 e. The number of aliphatic hydroxyl groups is 1. The van der Waals surface area contributed by atoms with Crippen LogP contribution in [0.25, 0.3) is 22.4 Å². The van der Waals surface area contributed by atoms with Gasteiger partial charge in [0, 0.05) is 43.7 Å². The average molecular weight is 586 g/mol. The molecule has 2 saturated carbocycles. The number of piperazine rings is 1. The van der Waals surface area contributed by atoms with Gasteiger partial charge in [-0.2, -0.15) is 0 Å². The van der Waals surface area contributed by atoms with Gasteiger partial charge in [-0.3, -0.25) is 9.78 Å². The molecule has 2 aliphatic carbocycles. The van der Waals surface area contributed by atoms with Crippen molar-refractivity contribution in [2.45, 2.75) is 69.1 Å². The van der Waals surface area contributed by atoms with Crippen LogP contribution >= 0.6 is 0 Å². The summed E-state index contributed by atoms with van der Waals surface area (Å²) in [4.78, 5) is 35.1. The van der Waals surface area contributed by atoms with Crippen LogP contribution in [0.3, 0.4) is 0 Å². The molecule has 43 heavy (non-hydrogen) atoms. The van der Waals surface area contributed by atoms with Crippen molar-refractivity contribution in [3.63, 3.8) is 0 Å². The first-order valence-electron chi connectivity index (χ1n) is 15.6. The van der Waals surface area contributed by atoms with Gasteiger partial charge in [0.25, 0.3) is 5.91 Å². The summed E-state index contributed by atoms with van der Waals surface area (Å²) in [7, 11) is 0. The van der Waals surface area contributed by atoms with Crippen LogP contribution in [0.1, 0.15) is 67.9 Å². The van der Waals surface area contributed by atoms with E-state index in [1.807, 2.05) is 35.2 Å². The number of H-pyrrole nitrogens is 1. The van der Waals surface area contributed by atoms with Crippen molar-refractivity contribution < 1.29 is 19.1 Å². The zero-order chi connectivity index (χ0) is 29.4. The number of hydrogen-bond donors (Lipinski definition) is 3. The zero-order valence-corrected chi connectivity index (χ0v) is 24.3. The number of aromatic amines is 1. The molecule has 3 heterocycles. The Hall–Kier alpha value is -3.89. The van der Waals surface area contributed by atoms with E-state index in [-0.39, 0.29) is 18.0 Å². The van der Waals surface area contributed by atoms with E-state index in [4.69, 9.17) is 14.1 Å². The van der Waals surface area contributed by atoms with E-state index < -0.39 is 11.4 Å². The molecule has 4 aromatic rings. The third-order valence-corrected chi connectivity index (χ3v) is 9.40. The quantitative estimate of drug-likeness (QED) is 0.264. The van der Waals surface area contributed by atoms with E-state index in [0.717, 1.165) is 43.4 Å². The molecule has 226 valence electrons. The van der Waals surface area contributed by atoms with Gasteiger partial charge in [-0.25, -0.2) is 9.78 Å². The van der Waals surface area contributed by atoms with Gasteiger partial charge in [0.1, 0.15) is 5.75 Å². The molecular formula is C33H39N5O5. The van der Waals surface area contributed by atoms with Crippen molar-refractivity contribution in [2.75, 3.05) is 26.2 Å². The number of rotatable bonds is 9. The van der Waals surface area contributed by atoms with Gasteiger partial charge in [0.05, 0.1) is 35.8 Å². The fourth-order valence-corrected chi connectivity index (χ4v) is 7.05. The highest BCUT2D eigenvalue weighted by Crippen LogP contribution is 2.48. The molecule has 0 radical (unpaired) electrons. The molecule has 1 amide bonds. The van der Waals surface area contributed by atoms with Crippen LogP contribution < -0.4 is 15.8 Å². The fraction of sp³-hybridized carbons (Fsp3) is 0.485. The lowest BCUT2D eigenvalue weighted by molar-refractivity contribution is -0.0518. The topological polar surface area (TPSA) is 126 Å². The Balaban J connectivity index is 1.14. The van der Waals surface area contributed by atoms with Crippen LogP contribution in [0, 0.1) is 5.92 Å². The monoisotopic (exact) mass is 585 g/mol. The molecule has 2 aromatic carbocycles. The van der Waals surface area contributed by atoms with Gasteiger partial charge in [-0.1, -0.05) is 56.0 Å². The number of carbonyl (C=O) groups is 1. The number of ether oxygens (including phenoxy) is 1. The maximum absolute atomic E-state index is 14.3. The minimum absolute atomic E-state index is 0.0783. The molecule has 1 saturated heterocycles. The zero-order valence-electron chi connectivity index (χ0n) is 24.3. The summed E-state index contributed by atoms with van der Waals surface area (Å²) in [5.41, 5.74) is 2.45. The number of benzene rings is 2. The van der Waals surface area contributed by atoms with E-state index in [1.54, 1.807) is 24.5 Å². The number of amides is 1. The van der Waals surface area contributed by atoms with Crippen LogP contribution in [-0.2, 0) is 0 Å². The highest BCUT2D eigenvalue weighted by atomic mass is 16.5. The predicted molar refractivity (Wildman–Crippen MR) is 162 cm³/mol. The Morgan fingerprint density at radius 1 is 1.14 bits per heavy atom. The van der Waals surface area contributed by atoms with Gasteiger partial charge in [-0.15, -0.1) is 0 Å². The number of hydrogen-bond acceptors (Lipinski definition) is 7. The molecule has 3 N–H and O–H groups in total. The van der Waals surface area contributed by atoms with Crippen LogP contribution in [0.5, 0.6) is 5.75 Å². The summed E-state index contributed by atoms with van der Waals surface area (Å²) in [5, 5.41) is 15.4. The summed E-state index contributed by atoms with van der Waals surface area (Å²) in [6.07, 6.45) is 9.36. The molecule has 3 aliphatic rings. The minimum Gasteiger partial charge on any atom is -0.493 e. The summed E-state index contributed by atoms with van der Waals surface area (Å²) in [6.45, 7) is 2.33. The smallest absolute Gasteiger partial charge is 0.417 e. The van der Waals surface area contributed by atoms with Crippen molar-refractivity contribution >= 4 is 17.0 Å². The molecule has 7 rings (SSSR count). The van der Waals surface area contributed by atoms with Crippen molar-refractivity contribution in [2.24, 2.45) is 5.92 Å². The third kappa shape index (κ3) is 5.73. The Morgan fingerprint density at radius 3 is 2.84 bits per heavy atom. The van der Waals surface area contributed by atoms with E-state index in [2.05, 4.69) is 14.9 Å². The van der Waals surface area contributed by atoms with Crippen LogP contribution in [0.2, 0.25) is 0 Å². The first kappa shape index (κ1) is 27.9. The first-order valence-corrected chi connectivity index (χ1v) is 15.6. The number of aromatic nitrogens is 3. The number of carbonyl (C=O) groups excluding carboxylic acids is 1. The Morgan fingerprint density at radius 2 is 2.00 bits per heavy atom. The lowest BCUT2D eigenvalue weighted by Crippen LogP contribution is -2.54. The molecule has 10 nitrogen and oxygen atoms in total. The van der Waals surface area contributed by atoms with E-state index >= 15 is 0 Å².